The third-order valence-electron chi connectivity index (χ3n) is 3.49. The van der Waals surface area contributed by atoms with Gasteiger partial charge in [-0.05, 0) is 24.6 Å². The Morgan fingerprint density at radius 2 is 2.09 bits per heavy atom. The van der Waals surface area contributed by atoms with Gasteiger partial charge in [0.1, 0.15) is 5.82 Å². The molecule has 2 rings (SSSR count). The third-order valence-corrected chi connectivity index (χ3v) is 3.49. The van der Waals surface area contributed by atoms with E-state index in [0.29, 0.717) is 12.1 Å². The number of methoxy groups -OCH3 is 1. The first-order valence-corrected chi connectivity index (χ1v) is 7.19. The Hall–Kier alpha value is -2.70. The average Bonchev–Trinajstić information content (AvgIpc) is 2.57. The van der Waals surface area contributed by atoms with Crippen LogP contribution < -0.4 is 10.9 Å². The van der Waals surface area contributed by atoms with Crippen molar-refractivity contribution in [2.45, 2.75) is 19.4 Å². The van der Waals surface area contributed by atoms with Gasteiger partial charge in [-0.2, -0.15) is 0 Å². The van der Waals surface area contributed by atoms with Crippen LogP contribution in [-0.2, 0) is 16.1 Å². The number of anilines is 1. The van der Waals surface area contributed by atoms with Gasteiger partial charge >= 0.3 is 5.97 Å². The fourth-order valence-corrected chi connectivity index (χ4v) is 2.19. The molecule has 1 N–H and O–H groups in total. The van der Waals surface area contributed by atoms with Crippen molar-refractivity contribution in [3.63, 3.8) is 0 Å². The number of rotatable bonds is 6. The number of carbonyl (C=O) groups is 1. The summed E-state index contributed by atoms with van der Waals surface area (Å²) in [7, 11) is 1.28. The molecule has 1 heterocycles. The summed E-state index contributed by atoms with van der Waals surface area (Å²) in [6.45, 7) is 2.49. The molecule has 0 spiro atoms. The first-order valence-electron chi connectivity index (χ1n) is 7.19. The largest absolute Gasteiger partial charge is 0.468 e. The topological polar surface area (TPSA) is 73.2 Å². The number of hydrogen-bond acceptors (Lipinski definition) is 5. The van der Waals surface area contributed by atoms with Crippen LogP contribution in [0, 0.1) is 5.82 Å². The number of hydrogen-bond donors (Lipinski definition) is 1. The molecule has 0 saturated carbocycles. The van der Waals surface area contributed by atoms with Crippen LogP contribution in [0.1, 0.15) is 18.4 Å². The highest BCUT2D eigenvalue weighted by molar-refractivity contribution is 5.78. The number of carbonyl (C=O) groups excluding carboxylic acids is 1. The van der Waals surface area contributed by atoms with Crippen LogP contribution in [0.25, 0.3) is 0 Å². The van der Waals surface area contributed by atoms with Gasteiger partial charge in [0.25, 0.3) is 5.56 Å². The van der Waals surface area contributed by atoms with Crippen LogP contribution in [-0.4, -0.2) is 29.2 Å². The molecule has 0 bridgehead atoms. The third kappa shape index (κ3) is 3.94. The molecule has 7 heteroatoms. The normalized spacial score (nSPS) is 11.8. The number of nitrogens with zero attached hydrogens (tertiary/aromatic N) is 2. The highest BCUT2D eigenvalue weighted by Gasteiger charge is 2.22. The first-order chi connectivity index (χ1) is 11.1. The van der Waals surface area contributed by atoms with Crippen molar-refractivity contribution in [1.29, 1.82) is 0 Å². The molecule has 0 aliphatic rings. The van der Waals surface area contributed by atoms with Gasteiger partial charge < -0.3 is 14.6 Å². The number of esters is 1. The maximum atomic E-state index is 13.0. The molecule has 6 nitrogen and oxygen atoms in total. The first kappa shape index (κ1) is 16.7. The molecule has 0 amide bonds. The number of benzene rings is 1. The van der Waals surface area contributed by atoms with Gasteiger partial charge in [-0.1, -0.05) is 12.1 Å². The lowest BCUT2D eigenvalue weighted by Crippen LogP contribution is -2.28. The van der Waals surface area contributed by atoms with E-state index < -0.39 is 11.9 Å². The number of aryl methyl sites for hydroxylation is 1. The van der Waals surface area contributed by atoms with Gasteiger partial charge in [-0.25, -0.2) is 9.37 Å². The summed E-state index contributed by atoms with van der Waals surface area (Å²) in [6.07, 6.45) is 3.10. The minimum atomic E-state index is -0.669. The van der Waals surface area contributed by atoms with E-state index in [9.17, 15) is 14.0 Å². The Kier molecular flexibility index (Phi) is 5.46. The van der Waals surface area contributed by atoms with E-state index >= 15 is 0 Å². The van der Waals surface area contributed by atoms with E-state index in [0.717, 1.165) is 0 Å². The van der Waals surface area contributed by atoms with E-state index in [1.54, 1.807) is 6.20 Å². The number of halogens is 1. The van der Waals surface area contributed by atoms with Gasteiger partial charge in [0.15, 0.2) is 5.82 Å². The summed E-state index contributed by atoms with van der Waals surface area (Å²) in [5, 5.41) is 2.88. The summed E-state index contributed by atoms with van der Waals surface area (Å²) in [5.41, 5.74) is 0.329. The second kappa shape index (κ2) is 7.53. The van der Waals surface area contributed by atoms with Crippen molar-refractivity contribution in [2.75, 3.05) is 19.0 Å². The van der Waals surface area contributed by atoms with Crippen LogP contribution in [0.2, 0.25) is 0 Å². The zero-order chi connectivity index (χ0) is 16.8. The van der Waals surface area contributed by atoms with E-state index in [2.05, 4.69) is 10.3 Å². The molecule has 0 aliphatic heterocycles. The fraction of sp³-hybridized carbons (Fsp3) is 0.312. The van der Waals surface area contributed by atoms with Crippen LogP contribution in [0.15, 0.2) is 41.5 Å². The number of ether oxygens (including phenoxy) is 1. The van der Waals surface area contributed by atoms with Crippen LogP contribution in [0.3, 0.4) is 0 Å². The van der Waals surface area contributed by atoms with Crippen LogP contribution in [0.5, 0.6) is 0 Å². The zero-order valence-electron chi connectivity index (χ0n) is 13.0. The van der Waals surface area contributed by atoms with Gasteiger partial charge in [0.05, 0.1) is 13.0 Å². The molecular formula is C16H18FN3O3. The predicted octanol–water partition coefficient (Wildman–Crippen LogP) is 1.77. The highest BCUT2D eigenvalue weighted by atomic mass is 19.1. The molecule has 122 valence electrons. The quantitative estimate of drug-likeness (QED) is 0.822. The summed E-state index contributed by atoms with van der Waals surface area (Å²) in [4.78, 5) is 28.1. The van der Waals surface area contributed by atoms with Gasteiger partial charge in [-0.15, -0.1) is 0 Å². The maximum Gasteiger partial charge on any atom is 0.314 e. The summed E-state index contributed by atoms with van der Waals surface area (Å²) in [5.74, 6) is -1.38. The summed E-state index contributed by atoms with van der Waals surface area (Å²) in [6, 6.07) is 5.58. The van der Waals surface area contributed by atoms with E-state index in [4.69, 9.17) is 4.74 Å². The molecule has 0 aliphatic carbocycles. The maximum absolute atomic E-state index is 13.0. The van der Waals surface area contributed by atoms with Crippen molar-refractivity contribution in [2.24, 2.45) is 0 Å². The summed E-state index contributed by atoms with van der Waals surface area (Å²) >= 11 is 0. The lowest BCUT2D eigenvalue weighted by Gasteiger charge is -2.16. The molecule has 0 radical (unpaired) electrons. The fourth-order valence-electron chi connectivity index (χ4n) is 2.19. The van der Waals surface area contributed by atoms with E-state index in [1.807, 2.05) is 6.92 Å². The minimum Gasteiger partial charge on any atom is -0.468 e. The molecule has 0 fully saturated rings. The molecule has 1 atom stereocenters. The van der Waals surface area contributed by atoms with Crippen molar-refractivity contribution in [3.05, 3.63) is 58.4 Å². The highest BCUT2D eigenvalue weighted by Crippen LogP contribution is 2.18. The smallest absolute Gasteiger partial charge is 0.314 e. The number of nitrogens with one attached hydrogen (secondary N) is 1. The van der Waals surface area contributed by atoms with Gasteiger partial charge in [0.2, 0.25) is 0 Å². The SMILES string of the molecule is CCn1ccnc(NCC(C(=O)OC)c2ccc(F)cc2)c1=O. The second-order valence-corrected chi connectivity index (χ2v) is 4.88. The number of aromatic nitrogens is 2. The van der Waals surface area contributed by atoms with E-state index in [-0.39, 0.29) is 23.7 Å². The molecule has 0 saturated heterocycles. The van der Waals surface area contributed by atoms with E-state index in [1.165, 1.54) is 42.1 Å². The van der Waals surface area contributed by atoms with Crippen molar-refractivity contribution >= 4 is 11.8 Å². The van der Waals surface area contributed by atoms with Crippen LogP contribution in [0.4, 0.5) is 10.2 Å². The van der Waals surface area contributed by atoms with Crippen molar-refractivity contribution in [1.82, 2.24) is 9.55 Å². The Labute approximate surface area is 132 Å². The van der Waals surface area contributed by atoms with Gasteiger partial charge in [-0.3, -0.25) is 9.59 Å². The summed E-state index contributed by atoms with van der Waals surface area (Å²) < 4.78 is 19.3. The molecule has 1 unspecified atom stereocenters. The standard InChI is InChI=1S/C16H18FN3O3/c1-3-20-9-8-18-14(15(20)21)19-10-13(16(22)23-2)11-4-6-12(17)7-5-11/h4-9,13H,3,10H2,1-2H3,(H,18,19). The van der Waals surface area contributed by atoms with Crippen LogP contribution >= 0.6 is 0 Å². The monoisotopic (exact) mass is 319 g/mol. The van der Waals surface area contributed by atoms with Gasteiger partial charge in [0, 0.05) is 25.5 Å². The molecule has 1 aromatic carbocycles. The Balaban J connectivity index is 2.21. The minimum absolute atomic E-state index is 0.119. The Morgan fingerprint density at radius 3 is 2.70 bits per heavy atom. The molecule has 2 aromatic rings. The lowest BCUT2D eigenvalue weighted by atomic mass is 9.99. The average molecular weight is 319 g/mol. The predicted molar refractivity (Wildman–Crippen MR) is 83.8 cm³/mol. The Bertz CT molecular complexity index is 728. The molecular weight excluding hydrogens is 301 g/mol. The van der Waals surface area contributed by atoms with Crippen molar-refractivity contribution < 1.29 is 13.9 Å². The molecule has 1 aromatic heterocycles. The lowest BCUT2D eigenvalue weighted by molar-refractivity contribution is -0.142. The zero-order valence-corrected chi connectivity index (χ0v) is 13.0. The Morgan fingerprint density at radius 1 is 1.39 bits per heavy atom. The second-order valence-electron chi connectivity index (χ2n) is 4.88. The van der Waals surface area contributed by atoms with Crippen molar-refractivity contribution in [3.8, 4) is 0 Å². The molecule has 23 heavy (non-hydrogen) atoms.